The van der Waals surface area contributed by atoms with Crippen molar-refractivity contribution in [3.63, 3.8) is 0 Å². The predicted octanol–water partition coefficient (Wildman–Crippen LogP) is 5.45. The quantitative estimate of drug-likeness (QED) is 0.405. The van der Waals surface area contributed by atoms with Crippen LogP contribution in [0.2, 0.25) is 0 Å². The van der Waals surface area contributed by atoms with Gasteiger partial charge >= 0.3 is 6.18 Å². The Morgan fingerprint density at radius 1 is 1.22 bits per heavy atom. The van der Waals surface area contributed by atoms with E-state index in [1.54, 1.807) is 29.1 Å². The zero-order valence-electron chi connectivity index (χ0n) is 18.5. The Morgan fingerprint density at radius 2 is 2.00 bits per heavy atom. The lowest BCUT2D eigenvalue weighted by molar-refractivity contribution is -0.141. The van der Waals surface area contributed by atoms with Gasteiger partial charge in [0.25, 0.3) is 0 Å². The molecule has 4 aromatic rings. The molecule has 0 aliphatic heterocycles. The third-order valence-corrected chi connectivity index (χ3v) is 8.17. The van der Waals surface area contributed by atoms with E-state index in [2.05, 4.69) is 40.9 Å². The molecule has 32 heavy (non-hydrogen) atoms. The fourth-order valence-electron chi connectivity index (χ4n) is 4.58. The Morgan fingerprint density at radius 3 is 2.69 bits per heavy atom. The number of alkyl halides is 3. The molecule has 170 valence electrons. The minimum atomic E-state index is -4.47. The molecule has 4 heterocycles. The highest BCUT2D eigenvalue weighted by Gasteiger charge is 2.35. The molecule has 1 aliphatic carbocycles. The van der Waals surface area contributed by atoms with Crippen molar-refractivity contribution in [3.05, 3.63) is 40.0 Å². The first-order valence-electron chi connectivity index (χ1n) is 10.8. The number of hydrogen-bond donors (Lipinski definition) is 0. The number of rotatable bonds is 4. The van der Waals surface area contributed by atoms with Gasteiger partial charge in [0.1, 0.15) is 17.7 Å². The van der Waals surface area contributed by atoms with Gasteiger partial charge in [0.05, 0.1) is 5.39 Å². The molecule has 0 amide bonds. The van der Waals surface area contributed by atoms with Crippen molar-refractivity contribution in [3.8, 4) is 0 Å². The summed E-state index contributed by atoms with van der Waals surface area (Å²) in [5, 5.41) is 9.20. The lowest BCUT2D eigenvalue weighted by Gasteiger charge is -2.36. The fourth-order valence-corrected chi connectivity index (χ4v) is 5.85. The van der Waals surface area contributed by atoms with E-state index in [0.717, 1.165) is 47.6 Å². The zero-order valence-corrected chi connectivity index (χ0v) is 19.3. The maximum absolute atomic E-state index is 13.0. The molecule has 1 unspecified atom stereocenters. The minimum Gasteiger partial charge on any atom is -0.262 e. The van der Waals surface area contributed by atoms with E-state index < -0.39 is 11.9 Å². The molecule has 0 spiro atoms. The van der Waals surface area contributed by atoms with Gasteiger partial charge in [-0.3, -0.25) is 4.68 Å². The van der Waals surface area contributed by atoms with Gasteiger partial charge in [-0.1, -0.05) is 27.2 Å². The van der Waals surface area contributed by atoms with Crippen molar-refractivity contribution >= 4 is 27.2 Å². The number of nitrogens with zero attached hydrogens (tertiary/aromatic N) is 6. The van der Waals surface area contributed by atoms with Crippen LogP contribution in [0.1, 0.15) is 61.3 Å². The Labute approximate surface area is 187 Å². The van der Waals surface area contributed by atoms with Gasteiger partial charge in [-0.25, -0.2) is 14.5 Å². The molecule has 0 N–H and O–H groups in total. The van der Waals surface area contributed by atoms with E-state index >= 15 is 0 Å². The number of hydrogen-bond acceptors (Lipinski definition) is 5. The highest BCUT2D eigenvalue weighted by atomic mass is 32.1. The molecular formula is C22H25F3N6S. The molecule has 6 nitrogen and oxygen atoms in total. The normalized spacial score (nSPS) is 17.4. The van der Waals surface area contributed by atoms with Crippen molar-refractivity contribution in [2.24, 2.45) is 11.3 Å². The third kappa shape index (κ3) is 3.48. The maximum atomic E-state index is 13.0. The number of fused-ring (bicyclic) bond motifs is 5. The Hall–Kier alpha value is -2.49. The van der Waals surface area contributed by atoms with Crippen LogP contribution in [-0.2, 0) is 25.6 Å². The van der Waals surface area contributed by atoms with Gasteiger partial charge in [0, 0.05) is 10.6 Å². The van der Waals surface area contributed by atoms with Gasteiger partial charge in [-0.15, -0.1) is 16.4 Å². The molecule has 0 radical (unpaired) electrons. The van der Waals surface area contributed by atoms with Crippen LogP contribution in [0, 0.1) is 18.3 Å². The first-order valence-corrected chi connectivity index (χ1v) is 11.6. The van der Waals surface area contributed by atoms with Crippen molar-refractivity contribution in [1.82, 2.24) is 29.4 Å². The topological polar surface area (TPSA) is 60.9 Å². The summed E-state index contributed by atoms with van der Waals surface area (Å²) in [6, 6.07) is 1.04. The average molecular weight is 463 g/mol. The summed E-state index contributed by atoms with van der Waals surface area (Å²) in [6.07, 6.45) is 1.49. The highest BCUT2D eigenvalue weighted by molar-refractivity contribution is 7.19. The molecule has 1 atom stereocenters. The van der Waals surface area contributed by atoms with E-state index in [1.165, 1.54) is 15.1 Å². The highest BCUT2D eigenvalue weighted by Crippen LogP contribution is 2.44. The third-order valence-electron chi connectivity index (χ3n) is 7.01. The summed E-state index contributed by atoms with van der Waals surface area (Å²) in [5.74, 6) is 1.06. The molecule has 0 aromatic carbocycles. The first-order chi connectivity index (χ1) is 15.1. The number of halogens is 3. The molecular weight excluding hydrogens is 437 g/mol. The molecule has 4 aromatic heterocycles. The lowest BCUT2D eigenvalue weighted by Crippen LogP contribution is -2.28. The van der Waals surface area contributed by atoms with Crippen molar-refractivity contribution in [2.45, 2.75) is 66.1 Å². The summed E-state index contributed by atoms with van der Waals surface area (Å²) in [4.78, 5) is 11.6. The van der Waals surface area contributed by atoms with Crippen molar-refractivity contribution in [1.29, 1.82) is 0 Å². The summed E-state index contributed by atoms with van der Waals surface area (Å²) >= 11 is 1.73. The van der Waals surface area contributed by atoms with Gasteiger partial charge in [0.15, 0.2) is 17.2 Å². The van der Waals surface area contributed by atoms with E-state index in [1.807, 2.05) is 0 Å². The molecule has 0 bridgehead atoms. The van der Waals surface area contributed by atoms with Crippen LogP contribution in [0.25, 0.3) is 15.9 Å². The van der Waals surface area contributed by atoms with Crippen LogP contribution in [0.5, 0.6) is 0 Å². The van der Waals surface area contributed by atoms with Gasteiger partial charge < -0.3 is 0 Å². The monoisotopic (exact) mass is 462 g/mol. The average Bonchev–Trinajstić information content (AvgIpc) is 3.41. The molecule has 0 saturated heterocycles. The van der Waals surface area contributed by atoms with Crippen LogP contribution < -0.4 is 0 Å². The molecule has 0 saturated carbocycles. The van der Waals surface area contributed by atoms with Gasteiger partial charge in [0.2, 0.25) is 0 Å². The largest absolute Gasteiger partial charge is 0.435 e. The predicted molar refractivity (Wildman–Crippen MR) is 117 cm³/mol. The standard InChI is InChI=1S/C22H25F3N6S/c1-5-21(3,4)13-6-7-14-15(9-13)32-20-18(14)19-27-17(29-31(19)11-26-20)10-30-12(2)8-16(28-30)22(23,24)25/h8,11,13H,5-7,9-10H2,1-4H3. The Bertz CT molecular complexity index is 1310. The molecule has 10 heteroatoms. The van der Waals surface area contributed by atoms with Crippen molar-refractivity contribution in [2.75, 3.05) is 0 Å². The second-order valence-corrected chi connectivity index (χ2v) is 10.4. The molecule has 0 fully saturated rings. The zero-order chi connectivity index (χ0) is 22.8. The minimum absolute atomic E-state index is 0.0736. The van der Waals surface area contributed by atoms with Crippen LogP contribution in [0.4, 0.5) is 13.2 Å². The number of aryl methyl sites for hydroxylation is 2. The van der Waals surface area contributed by atoms with Crippen LogP contribution in [0.3, 0.4) is 0 Å². The van der Waals surface area contributed by atoms with E-state index in [0.29, 0.717) is 22.9 Å². The Balaban J connectivity index is 1.52. The fraction of sp³-hybridized carbons (Fsp3) is 0.545. The van der Waals surface area contributed by atoms with Crippen LogP contribution in [0.15, 0.2) is 12.4 Å². The maximum Gasteiger partial charge on any atom is 0.435 e. The number of aromatic nitrogens is 6. The molecule has 1 aliphatic rings. The summed E-state index contributed by atoms with van der Waals surface area (Å²) in [6.45, 7) is 8.62. The van der Waals surface area contributed by atoms with Gasteiger partial charge in [-0.2, -0.15) is 18.3 Å². The smallest absolute Gasteiger partial charge is 0.262 e. The first kappa shape index (κ1) is 21.4. The van der Waals surface area contributed by atoms with E-state index in [-0.39, 0.29) is 6.54 Å². The van der Waals surface area contributed by atoms with E-state index in [4.69, 9.17) is 0 Å². The van der Waals surface area contributed by atoms with Crippen LogP contribution in [-0.4, -0.2) is 29.4 Å². The lowest BCUT2D eigenvalue weighted by atomic mass is 9.70. The number of thiophene rings is 1. The summed E-state index contributed by atoms with van der Waals surface area (Å²) in [7, 11) is 0. The summed E-state index contributed by atoms with van der Waals surface area (Å²) in [5.41, 5.74) is 1.84. The van der Waals surface area contributed by atoms with Crippen molar-refractivity contribution < 1.29 is 13.2 Å². The summed E-state index contributed by atoms with van der Waals surface area (Å²) < 4.78 is 41.9. The second kappa shape index (κ2) is 7.26. The van der Waals surface area contributed by atoms with Gasteiger partial charge in [-0.05, 0) is 49.1 Å². The molecule has 5 rings (SSSR count). The van der Waals surface area contributed by atoms with Crippen LogP contribution >= 0.6 is 11.3 Å². The Kier molecular flexibility index (Phi) is 4.85. The van der Waals surface area contributed by atoms with E-state index in [9.17, 15) is 13.2 Å². The SMILES string of the molecule is CCC(C)(C)C1CCc2c(sc3ncn4nc(Cn5nc(C(F)(F)F)cc5C)nc4c23)C1. The second-order valence-electron chi connectivity index (χ2n) is 9.33.